The molecule has 0 spiro atoms. The maximum Gasteiger partial charge on any atom is 0.150 e. The molecule has 2 aliphatic rings. The zero-order valence-corrected chi connectivity index (χ0v) is 13.9. The summed E-state index contributed by atoms with van der Waals surface area (Å²) in [6, 6.07) is 3.26. The summed E-state index contributed by atoms with van der Waals surface area (Å²) in [5.41, 5.74) is 0.299. The molecule has 1 saturated carbocycles. The number of halogens is 2. The van der Waals surface area contributed by atoms with Crippen molar-refractivity contribution in [3.63, 3.8) is 0 Å². The Kier molecular flexibility index (Phi) is 3.49. The van der Waals surface area contributed by atoms with Crippen molar-refractivity contribution >= 4 is 9.84 Å². The fourth-order valence-electron chi connectivity index (χ4n) is 4.10. The van der Waals surface area contributed by atoms with Crippen LogP contribution in [0.1, 0.15) is 30.4 Å². The van der Waals surface area contributed by atoms with Gasteiger partial charge in [0.2, 0.25) is 0 Å². The Hall–Kier alpha value is -1.83. The Morgan fingerprint density at radius 2 is 1.67 bits per heavy atom. The van der Waals surface area contributed by atoms with Gasteiger partial charge in [-0.15, -0.1) is 0 Å². The average Bonchev–Trinajstić information content (AvgIpc) is 3.07. The molecule has 1 saturated heterocycles. The topological polar surface area (TPSA) is 64.8 Å². The van der Waals surface area contributed by atoms with Crippen LogP contribution in [0, 0.1) is 30.4 Å². The number of nitrogens with zero attached hydrogens (tertiary/aromatic N) is 3. The molecule has 1 aromatic heterocycles. The summed E-state index contributed by atoms with van der Waals surface area (Å²) in [6.07, 6.45) is 1.44. The molecular weight excluding hydrogens is 336 g/mol. The molecule has 1 unspecified atom stereocenters. The molecule has 1 aromatic carbocycles. The quantitative estimate of drug-likeness (QED) is 0.832. The van der Waals surface area contributed by atoms with Gasteiger partial charge in [-0.25, -0.2) is 26.9 Å². The van der Waals surface area contributed by atoms with Crippen molar-refractivity contribution in [1.82, 2.24) is 14.8 Å². The van der Waals surface area contributed by atoms with Gasteiger partial charge >= 0.3 is 0 Å². The zero-order valence-electron chi connectivity index (χ0n) is 13.1. The van der Waals surface area contributed by atoms with Crippen molar-refractivity contribution in [1.29, 1.82) is 0 Å². The zero-order chi connectivity index (χ0) is 17.1. The van der Waals surface area contributed by atoms with E-state index in [1.165, 1.54) is 16.8 Å². The predicted octanol–water partition coefficient (Wildman–Crippen LogP) is 2.39. The van der Waals surface area contributed by atoms with Crippen molar-refractivity contribution < 1.29 is 17.2 Å². The van der Waals surface area contributed by atoms with Crippen LogP contribution in [-0.2, 0) is 9.84 Å². The molecule has 2 heterocycles. The molecule has 24 heavy (non-hydrogen) atoms. The molecule has 2 fully saturated rings. The van der Waals surface area contributed by atoms with E-state index in [1.54, 1.807) is 6.92 Å². The SMILES string of the molecule is Cc1nc(C2C[C@@H]3CS(=O)(=O)C[C@@H]3C2)n(-c2cc(F)cc(F)c2)n1. The number of aromatic nitrogens is 3. The summed E-state index contributed by atoms with van der Waals surface area (Å²) < 4.78 is 52.0. The van der Waals surface area contributed by atoms with Gasteiger partial charge in [0.15, 0.2) is 9.84 Å². The number of hydrogen-bond donors (Lipinski definition) is 0. The van der Waals surface area contributed by atoms with Gasteiger partial charge in [-0.1, -0.05) is 0 Å². The first-order chi connectivity index (χ1) is 11.3. The highest BCUT2D eigenvalue weighted by Gasteiger charge is 2.45. The van der Waals surface area contributed by atoms with Crippen LogP contribution in [0.25, 0.3) is 5.69 Å². The molecular formula is C16H17F2N3O2S. The lowest BCUT2D eigenvalue weighted by molar-refractivity contribution is 0.494. The highest BCUT2D eigenvalue weighted by molar-refractivity contribution is 7.91. The lowest BCUT2D eigenvalue weighted by Gasteiger charge is -2.13. The Balaban J connectivity index is 1.68. The fourth-order valence-corrected chi connectivity index (χ4v) is 6.36. The third-order valence-electron chi connectivity index (χ3n) is 4.97. The molecule has 3 atom stereocenters. The van der Waals surface area contributed by atoms with E-state index in [1.807, 2.05) is 0 Å². The molecule has 0 bridgehead atoms. The van der Waals surface area contributed by atoms with Crippen LogP contribution in [0.15, 0.2) is 18.2 Å². The summed E-state index contributed by atoms with van der Waals surface area (Å²) in [7, 11) is -2.92. The van der Waals surface area contributed by atoms with Gasteiger partial charge in [-0.3, -0.25) is 0 Å². The second-order valence-electron chi connectivity index (χ2n) is 6.82. The van der Waals surface area contributed by atoms with Gasteiger partial charge in [0, 0.05) is 12.0 Å². The number of benzene rings is 1. The van der Waals surface area contributed by atoms with Crippen LogP contribution in [0.4, 0.5) is 8.78 Å². The Bertz CT molecular complexity index is 870. The lowest BCUT2D eigenvalue weighted by atomic mass is 10.0. The maximum atomic E-state index is 13.5. The third kappa shape index (κ3) is 2.72. The Labute approximate surface area is 138 Å². The van der Waals surface area contributed by atoms with Crippen LogP contribution >= 0.6 is 0 Å². The van der Waals surface area contributed by atoms with Gasteiger partial charge < -0.3 is 0 Å². The van der Waals surface area contributed by atoms with E-state index in [2.05, 4.69) is 10.1 Å². The first kappa shape index (κ1) is 15.7. The van der Waals surface area contributed by atoms with Crippen LogP contribution < -0.4 is 0 Å². The van der Waals surface area contributed by atoms with Crippen LogP contribution in [-0.4, -0.2) is 34.7 Å². The predicted molar refractivity (Wildman–Crippen MR) is 83.6 cm³/mol. The fraction of sp³-hybridized carbons (Fsp3) is 0.500. The van der Waals surface area contributed by atoms with Crippen LogP contribution in [0.5, 0.6) is 0 Å². The largest absolute Gasteiger partial charge is 0.229 e. The molecule has 0 radical (unpaired) electrons. The molecule has 1 aliphatic heterocycles. The average molecular weight is 353 g/mol. The van der Waals surface area contributed by atoms with E-state index in [-0.39, 0.29) is 29.3 Å². The molecule has 128 valence electrons. The van der Waals surface area contributed by atoms with Gasteiger partial charge in [0.1, 0.15) is 23.3 Å². The third-order valence-corrected chi connectivity index (χ3v) is 6.84. The smallest absolute Gasteiger partial charge is 0.150 e. The monoisotopic (exact) mass is 353 g/mol. The molecule has 4 rings (SSSR count). The molecule has 8 heteroatoms. The molecule has 1 aliphatic carbocycles. The minimum atomic E-state index is -2.92. The van der Waals surface area contributed by atoms with Gasteiger partial charge in [-0.05, 0) is 43.7 Å². The summed E-state index contributed by atoms with van der Waals surface area (Å²) in [5.74, 6) is 0.666. The minimum Gasteiger partial charge on any atom is -0.229 e. The van der Waals surface area contributed by atoms with Crippen molar-refractivity contribution in [2.45, 2.75) is 25.7 Å². The van der Waals surface area contributed by atoms with E-state index >= 15 is 0 Å². The summed E-state index contributed by atoms with van der Waals surface area (Å²) in [4.78, 5) is 4.45. The number of rotatable bonds is 2. The Morgan fingerprint density at radius 1 is 1.08 bits per heavy atom. The van der Waals surface area contributed by atoms with Gasteiger partial charge in [-0.2, -0.15) is 5.10 Å². The van der Waals surface area contributed by atoms with Crippen LogP contribution in [0.2, 0.25) is 0 Å². The van der Waals surface area contributed by atoms with E-state index in [9.17, 15) is 17.2 Å². The van der Waals surface area contributed by atoms with E-state index in [0.717, 1.165) is 18.9 Å². The number of sulfone groups is 1. The molecule has 5 nitrogen and oxygen atoms in total. The number of aryl methyl sites for hydroxylation is 1. The minimum absolute atomic E-state index is 0.0584. The maximum absolute atomic E-state index is 13.5. The second-order valence-corrected chi connectivity index (χ2v) is 8.98. The lowest BCUT2D eigenvalue weighted by Crippen LogP contribution is -2.11. The Morgan fingerprint density at radius 3 is 2.25 bits per heavy atom. The van der Waals surface area contributed by atoms with E-state index in [0.29, 0.717) is 17.3 Å². The molecule has 2 aromatic rings. The summed E-state index contributed by atoms with van der Waals surface area (Å²) in [6.45, 7) is 1.73. The number of fused-ring (bicyclic) bond motifs is 1. The number of hydrogen-bond acceptors (Lipinski definition) is 4. The summed E-state index contributed by atoms with van der Waals surface area (Å²) in [5, 5.41) is 4.28. The highest BCUT2D eigenvalue weighted by atomic mass is 32.2. The van der Waals surface area contributed by atoms with Gasteiger partial charge in [0.05, 0.1) is 17.2 Å². The van der Waals surface area contributed by atoms with Crippen molar-refractivity contribution in [2.24, 2.45) is 11.8 Å². The van der Waals surface area contributed by atoms with Crippen LogP contribution in [0.3, 0.4) is 0 Å². The van der Waals surface area contributed by atoms with Crippen molar-refractivity contribution in [3.05, 3.63) is 41.5 Å². The van der Waals surface area contributed by atoms with E-state index in [4.69, 9.17) is 0 Å². The van der Waals surface area contributed by atoms with Crippen molar-refractivity contribution in [3.8, 4) is 5.69 Å². The van der Waals surface area contributed by atoms with Gasteiger partial charge in [0.25, 0.3) is 0 Å². The summed E-state index contributed by atoms with van der Waals surface area (Å²) >= 11 is 0. The standard InChI is InChI=1S/C16H17F2N3O2S/c1-9-19-16(10-2-11-7-24(22,23)8-12(11)3-10)21(20-9)15-5-13(17)4-14(18)6-15/h4-6,10-12H,2-3,7-8H2,1H3/t10?,11-,12+. The van der Waals surface area contributed by atoms with E-state index < -0.39 is 21.5 Å². The first-order valence-corrected chi connectivity index (χ1v) is 9.73. The first-order valence-electron chi connectivity index (χ1n) is 7.91. The normalized spacial score (nSPS) is 28.2. The second kappa shape index (κ2) is 5.34. The van der Waals surface area contributed by atoms with Crippen molar-refractivity contribution in [2.75, 3.05) is 11.5 Å². The molecule has 0 N–H and O–H groups in total. The highest BCUT2D eigenvalue weighted by Crippen LogP contribution is 2.46. The molecule has 0 amide bonds.